The summed E-state index contributed by atoms with van der Waals surface area (Å²) < 4.78 is 18.2. The number of hydrogen-bond donors (Lipinski definition) is 2. The number of benzene rings is 2. The number of anilines is 1. The van der Waals surface area contributed by atoms with Crippen LogP contribution in [-0.4, -0.2) is 36.9 Å². The zero-order valence-electron chi connectivity index (χ0n) is 14.4. The molecule has 2 rings (SSSR count). The van der Waals surface area contributed by atoms with E-state index in [4.69, 9.17) is 9.84 Å². The largest absolute Gasteiger partial charge is 0.436 e. The summed E-state index contributed by atoms with van der Waals surface area (Å²) in [4.78, 5) is 25.8. The van der Waals surface area contributed by atoms with Gasteiger partial charge in [0.15, 0.2) is 6.10 Å². The molecule has 1 unspecified atom stereocenters. The lowest BCUT2D eigenvalue weighted by Crippen LogP contribution is -2.41. The van der Waals surface area contributed by atoms with Crippen LogP contribution in [0, 0.1) is 5.82 Å². The van der Waals surface area contributed by atoms with E-state index in [2.05, 4.69) is 5.32 Å². The lowest BCUT2D eigenvalue weighted by Gasteiger charge is -2.23. The number of nitrogens with one attached hydrogen (secondary N) is 1. The monoisotopic (exact) mass is 360 g/mol. The summed E-state index contributed by atoms with van der Waals surface area (Å²) in [5.74, 6) is -0.932. The molecule has 0 saturated carbocycles. The number of carbonyl (C=O) groups excluding carboxylic acids is 2. The fourth-order valence-corrected chi connectivity index (χ4v) is 2.30. The Morgan fingerprint density at radius 1 is 1.15 bits per heavy atom. The maximum atomic E-state index is 13.0. The highest BCUT2D eigenvalue weighted by molar-refractivity contribution is 5.97. The van der Waals surface area contributed by atoms with Gasteiger partial charge in [0.25, 0.3) is 5.91 Å². The first-order valence-electron chi connectivity index (χ1n) is 8.13. The highest BCUT2D eigenvalue weighted by atomic mass is 19.1. The molecule has 2 aromatic carbocycles. The van der Waals surface area contributed by atoms with Gasteiger partial charge in [-0.3, -0.25) is 4.79 Å². The molecule has 0 heterocycles. The van der Waals surface area contributed by atoms with E-state index in [0.717, 1.165) is 5.56 Å². The first-order valence-corrected chi connectivity index (χ1v) is 8.13. The number of alkyl carbamates (subject to hydrolysis) is 1. The number of nitrogens with zero attached hydrogens (tertiary/aromatic N) is 1. The minimum absolute atomic E-state index is 0.0386. The van der Waals surface area contributed by atoms with Crippen molar-refractivity contribution in [2.24, 2.45) is 0 Å². The molecular weight excluding hydrogens is 339 g/mol. The zero-order chi connectivity index (χ0) is 18.9. The van der Waals surface area contributed by atoms with Crippen LogP contribution in [0.15, 0.2) is 54.6 Å². The molecule has 0 bridgehead atoms. The van der Waals surface area contributed by atoms with Gasteiger partial charge in [-0.1, -0.05) is 30.3 Å². The van der Waals surface area contributed by atoms with Crippen LogP contribution in [0.2, 0.25) is 0 Å². The molecule has 0 aliphatic carbocycles. The van der Waals surface area contributed by atoms with Crippen LogP contribution >= 0.6 is 0 Å². The van der Waals surface area contributed by atoms with E-state index in [-0.39, 0.29) is 19.6 Å². The molecule has 0 aliphatic heterocycles. The van der Waals surface area contributed by atoms with Crippen LogP contribution in [-0.2, 0) is 16.1 Å². The Kier molecular flexibility index (Phi) is 7.11. The molecule has 138 valence electrons. The minimum atomic E-state index is -1.15. The molecule has 2 amide bonds. The van der Waals surface area contributed by atoms with Crippen molar-refractivity contribution >= 4 is 17.7 Å². The molecule has 2 aromatic rings. The first kappa shape index (κ1) is 19.4. The Morgan fingerprint density at radius 3 is 2.42 bits per heavy atom. The van der Waals surface area contributed by atoms with E-state index >= 15 is 0 Å². The van der Waals surface area contributed by atoms with E-state index < -0.39 is 23.9 Å². The number of hydrogen-bond acceptors (Lipinski definition) is 4. The van der Waals surface area contributed by atoms with E-state index in [1.165, 1.54) is 36.2 Å². The maximum absolute atomic E-state index is 13.0. The van der Waals surface area contributed by atoms with Gasteiger partial charge in [0.05, 0.1) is 0 Å². The van der Waals surface area contributed by atoms with Gasteiger partial charge < -0.3 is 20.1 Å². The van der Waals surface area contributed by atoms with Crippen LogP contribution in [0.5, 0.6) is 0 Å². The van der Waals surface area contributed by atoms with Crippen molar-refractivity contribution in [1.29, 1.82) is 0 Å². The molecule has 0 spiro atoms. The highest BCUT2D eigenvalue weighted by Crippen LogP contribution is 2.16. The Labute approximate surface area is 151 Å². The number of aliphatic hydroxyl groups is 1. The molecule has 1 atom stereocenters. The summed E-state index contributed by atoms with van der Waals surface area (Å²) in [6, 6.07) is 14.6. The van der Waals surface area contributed by atoms with Crippen LogP contribution in [0.3, 0.4) is 0 Å². The summed E-state index contributed by atoms with van der Waals surface area (Å²) in [6.45, 7) is -0.0624. The van der Waals surface area contributed by atoms with E-state index in [0.29, 0.717) is 5.69 Å². The predicted octanol–water partition coefficient (Wildman–Crippen LogP) is 2.47. The van der Waals surface area contributed by atoms with Crippen LogP contribution in [0.4, 0.5) is 14.9 Å². The number of amides is 2. The molecule has 0 radical (unpaired) electrons. The van der Waals surface area contributed by atoms with Crippen LogP contribution in [0.25, 0.3) is 0 Å². The number of ether oxygens (including phenoxy) is 1. The Hall–Kier alpha value is -2.93. The van der Waals surface area contributed by atoms with Gasteiger partial charge in [0, 0.05) is 32.3 Å². The van der Waals surface area contributed by atoms with Crippen molar-refractivity contribution in [2.45, 2.75) is 19.1 Å². The molecule has 0 aromatic heterocycles. The molecule has 0 fully saturated rings. The molecule has 0 aliphatic rings. The van der Waals surface area contributed by atoms with Crippen molar-refractivity contribution in [1.82, 2.24) is 5.32 Å². The lowest BCUT2D eigenvalue weighted by atomic mass is 10.2. The van der Waals surface area contributed by atoms with Crippen molar-refractivity contribution < 1.29 is 23.8 Å². The minimum Gasteiger partial charge on any atom is -0.436 e. The van der Waals surface area contributed by atoms with Gasteiger partial charge in [-0.25, -0.2) is 9.18 Å². The fraction of sp³-hybridized carbons (Fsp3) is 0.263. The summed E-state index contributed by atoms with van der Waals surface area (Å²) in [5, 5.41) is 11.7. The average molecular weight is 360 g/mol. The van der Waals surface area contributed by atoms with E-state index in [9.17, 15) is 14.0 Å². The van der Waals surface area contributed by atoms with Crippen molar-refractivity contribution in [3.63, 3.8) is 0 Å². The second-order valence-electron chi connectivity index (χ2n) is 5.62. The van der Waals surface area contributed by atoms with Crippen molar-refractivity contribution in [3.05, 3.63) is 66.0 Å². The quantitative estimate of drug-likeness (QED) is 0.795. The average Bonchev–Trinajstić information content (AvgIpc) is 2.66. The summed E-state index contributed by atoms with van der Waals surface area (Å²) in [7, 11) is 1.49. The van der Waals surface area contributed by atoms with E-state index in [1.807, 2.05) is 30.3 Å². The topological polar surface area (TPSA) is 78.9 Å². The number of aliphatic hydroxyl groups excluding tert-OH is 1. The molecular formula is C19H21FN2O4. The number of likely N-dealkylation sites (N-methyl/N-ethyl adjacent to an activating group) is 1. The fourth-order valence-electron chi connectivity index (χ4n) is 2.30. The smallest absolute Gasteiger partial charge is 0.408 e. The number of halogens is 1. The normalized spacial score (nSPS) is 11.5. The summed E-state index contributed by atoms with van der Waals surface area (Å²) in [5.41, 5.74) is 1.34. The first-order chi connectivity index (χ1) is 12.5. The third-order valence-electron chi connectivity index (χ3n) is 3.74. The molecule has 26 heavy (non-hydrogen) atoms. The molecule has 0 saturated heterocycles. The van der Waals surface area contributed by atoms with Gasteiger partial charge in [-0.05, 0) is 29.8 Å². The summed E-state index contributed by atoms with van der Waals surface area (Å²) in [6.07, 6.45) is -1.94. The predicted molar refractivity (Wildman–Crippen MR) is 95.1 cm³/mol. The second-order valence-corrected chi connectivity index (χ2v) is 5.62. The number of rotatable bonds is 7. The van der Waals surface area contributed by atoms with Crippen molar-refractivity contribution in [3.8, 4) is 0 Å². The van der Waals surface area contributed by atoms with Crippen molar-refractivity contribution in [2.75, 3.05) is 18.6 Å². The zero-order valence-corrected chi connectivity index (χ0v) is 14.4. The third-order valence-corrected chi connectivity index (χ3v) is 3.74. The molecule has 6 nitrogen and oxygen atoms in total. The van der Waals surface area contributed by atoms with Gasteiger partial charge >= 0.3 is 6.09 Å². The Balaban J connectivity index is 1.96. The van der Waals surface area contributed by atoms with Gasteiger partial charge in [-0.2, -0.15) is 0 Å². The maximum Gasteiger partial charge on any atom is 0.408 e. The molecule has 2 N–H and O–H groups in total. The van der Waals surface area contributed by atoms with Crippen LogP contribution in [0.1, 0.15) is 12.0 Å². The van der Waals surface area contributed by atoms with E-state index in [1.54, 1.807) is 0 Å². The Bertz CT molecular complexity index is 722. The molecule has 7 heteroatoms. The lowest BCUT2D eigenvalue weighted by molar-refractivity contribution is -0.127. The van der Waals surface area contributed by atoms with Gasteiger partial charge in [0.1, 0.15) is 5.82 Å². The third kappa shape index (κ3) is 5.56. The number of carbonyl (C=O) groups is 2. The second kappa shape index (κ2) is 9.53. The Morgan fingerprint density at radius 2 is 1.81 bits per heavy atom. The standard InChI is InChI=1S/C19H21FN2O4/c1-22(16-9-7-15(20)8-10-16)18(24)17(11-12-23)26-19(25)21-13-14-5-3-2-4-6-14/h2-10,17,23H,11-13H2,1H3,(H,21,25). The SMILES string of the molecule is CN(C(=O)C(CCO)OC(=O)NCc1ccccc1)c1ccc(F)cc1. The van der Waals surface area contributed by atoms with Gasteiger partial charge in [0.2, 0.25) is 0 Å². The summed E-state index contributed by atoms with van der Waals surface area (Å²) >= 11 is 0. The highest BCUT2D eigenvalue weighted by Gasteiger charge is 2.26. The van der Waals surface area contributed by atoms with Crippen LogP contribution < -0.4 is 10.2 Å². The van der Waals surface area contributed by atoms with Gasteiger partial charge in [-0.15, -0.1) is 0 Å².